The summed E-state index contributed by atoms with van der Waals surface area (Å²) in [6.45, 7) is 6.27. The molecule has 1 aliphatic heterocycles. The van der Waals surface area contributed by atoms with E-state index in [9.17, 15) is 4.79 Å². The van der Waals surface area contributed by atoms with Crippen LogP contribution < -0.4 is 0 Å². The molecule has 0 spiro atoms. The van der Waals surface area contributed by atoms with Gasteiger partial charge in [0.05, 0.1) is 10.8 Å². The van der Waals surface area contributed by atoms with Crippen LogP contribution in [0.3, 0.4) is 0 Å². The Balaban J connectivity index is 1.84. The molecule has 1 aromatic rings. The van der Waals surface area contributed by atoms with Gasteiger partial charge in [0.15, 0.2) is 0 Å². The number of thioether (sulfide) groups is 1. The average Bonchev–Trinajstić information content (AvgIpc) is 2.36. The van der Waals surface area contributed by atoms with E-state index in [2.05, 4.69) is 18.8 Å². The molecule has 2 heterocycles. The maximum Gasteiger partial charge on any atom is 0.233 e. The second-order valence-corrected chi connectivity index (χ2v) is 6.20. The van der Waals surface area contributed by atoms with Crippen molar-refractivity contribution < 1.29 is 4.79 Å². The highest BCUT2D eigenvalue weighted by Crippen LogP contribution is 2.22. The third kappa shape index (κ3) is 3.73. The van der Waals surface area contributed by atoms with Crippen molar-refractivity contribution in [2.45, 2.75) is 25.3 Å². The normalized spacial score (nSPS) is 24.0. The first-order chi connectivity index (χ1) is 8.65. The van der Waals surface area contributed by atoms with Gasteiger partial charge in [-0.2, -0.15) is 0 Å². The third-order valence-electron chi connectivity index (χ3n) is 3.20. The van der Waals surface area contributed by atoms with Crippen LogP contribution >= 0.6 is 11.8 Å². The van der Waals surface area contributed by atoms with E-state index in [1.807, 2.05) is 23.1 Å². The van der Waals surface area contributed by atoms with E-state index < -0.39 is 0 Å². The van der Waals surface area contributed by atoms with Crippen molar-refractivity contribution in [3.63, 3.8) is 0 Å². The Morgan fingerprint density at radius 3 is 2.72 bits per heavy atom. The van der Waals surface area contributed by atoms with Gasteiger partial charge in [0.25, 0.3) is 0 Å². The van der Waals surface area contributed by atoms with Crippen LogP contribution in [0.25, 0.3) is 0 Å². The van der Waals surface area contributed by atoms with Gasteiger partial charge in [-0.05, 0) is 30.4 Å². The Bertz CT molecular complexity index is 386. The highest BCUT2D eigenvalue weighted by Gasteiger charge is 2.25. The fraction of sp³-hybridized carbons (Fsp3) is 0.571. The van der Waals surface area contributed by atoms with Crippen molar-refractivity contribution in [1.82, 2.24) is 9.88 Å². The number of likely N-dealkylation sites (tertiary alicyclic amines) is 1. The summed E-state index contributed by atoms with van der Waals surface area (Å²) in [7, 11) is 0. The van der Waals surface area contributed by atoms with E-state index in [0.29, 0.717) is 17.6 Å². The molecule has 2 rings (SSSR count). The summed E-state index contributed by atoms with van der Waals surface area (Å²) in [5.74, 6) is 1.98. The minimum Gasteiger partial charge on any atom is -0.341 e. The molecule has 0 bridgehead atoms. The molecule has 1 saturated heterocycles. The highest BCUT2D eigenvalue weighted by molar-refractivity contribution is 7.99. The number of carbonyl (C=O) groups is 1. The largest absolute Gasteiger partial charge is 0.341 e. The van der Waals surface area contributed by atoms with Crippen molar-refractivity contribution in [2.75, 3.05) is 18.8 Å². The average molecular weight is 264 g/mol. The molecule has 0 N–H and O–H groups in total. The summed E-state index contributed by atoms with van der Waals surface area (Å²) >= 11 is 1.52. The number of pyridine rings is 1. The van der Waals surface area contributed by atoms with Gasteiger partial charge in [-0.3, -0.25) is 4.79 Å². The van der Waals surface area contributed by atoms with Crippen LogP contribution in [0.1, 0.15) is 20.3 Å². The van der Waals surface area contributed by atoms with Crippen LogP contribution in [0.5, 0.6) is 0 Å². The first-order valence-electron chi connectivity index (χ1n) is 6.46. The molecule has 98 valence electrons. The molecule has 0 saturated carbocycles. The summed E-state index contributed by atoms with van der Waals surface area (Å²) in [5.41, 5.74) is 0. The first-order valence-corrected chi connectivity index (χ1v) is 7.45. The lowest BCUT2D eigenvalue weighted by Gasteiger charge is -2.35. The molecule has 0 aliphatic carbocycles. The molecule has 2 atom stereocenters. The number of aromatic nitrogens is 1. The van der Waals surface area contributed by atoms with Crippen LogP contribution in [0.2, 0.25) is 0 Å². The first kappa shape index (κ1) is 13.4. The lowest BCUT2D eigenvalue weighted by Crippen LogP contribution is -2.43. The quantitative estimate of drug-likeness (QED) is 0.787. The van der Waals surface area contributed by atoms with Gasteiger partial charge in [-0.15, -0.1) is 0 Å². The van der Waals surface area contributed by atoms with Gasteiger partial charge in [0.1, 0.15) is 0 Å². The number of piperidine rings is 1. The minimum absolute atomic E-state index is 0.240. The molecule has 1 aliphatic rings. The number of carbonyl (C=O) groups excluding carboxylic acids is 1. The number of amides is 1. The predicted octanol–water partition coefficient (Wildman–Crippen LogP) is 2.68. The smallest absolute Gasteiger partial charge is 0.233 e. The summed E-state index contributed by atoms with van der Waals surface area (Å²) in [6.07, 6.45) is 3.00. The fourth-order valence-electron chi connectivity index (χ4n) is 2.53. The lowest BCUT2D eigenvalue weighted by molar-refractivity contribution is -0.130. The fourth-order valence-corrected chi connectivity index (χ4v) is 3.29. The number of rotatable bonds is 3. The Kier molecular flexibility index (Phi) is 4.64. The molecule has 1 aromatic heterocycles. The standard InChI is InChI=1S/C14H20N2OS/c1-11-7-12(2)9-16(8-11)14(17)10-18-13-5-3-4-6-15-13/h3-6,11-12H,7-10H2,1-2H3. The van der Waals surface area contributed by atoms with Gasteiger partial charge in [0, 0.05) is 19.3 Å². The van der Waals surface area contributed by atoms with Crippen molar-refractivity contribution >= 4 is 17.7 Å². The maximum absolute atomic E-state index is 12.1. The molecule has 1 amide bonds. The van der Waals surface area contributed by atoms with Crippen LogP contribution in [-0.4, -0.2) is 34.6 Å². The van der Waals surface area contributed by atoms with E-state index >= 15 is 0 Å². The molecule has 2 unspecified atom stereocenters. The Labute approximate surface area is 113 Å². The molecule has 1 fully saturated rings. The zero-order valence-electron chi connectivity index (χ0n) is 11.0. The van der Waals surface area contributed by atoms with E-state index in [4.69, 9.17) is 0 Å². The van der Waals surface area contributed by atoms with Gasteiger partial charge in [-0.1, -0.05) is 31.7 Å². The summed E-state index contributed by atoms with van der Waals surface area (Å²) in [4.78, 5) is 18.4. The van der Waals surface area contributed by atoms with E-state index in [1.54, 1.807) is 6.20 Å². The van der Waals surface area contributed by atoms with Crippen LogP contribution in [0.4, 0.5) is 0 Å². The van der Waals surface area contributed by atoms with Crippen molar-refractivity contribution in [3.05, 3.63) is 24.4 Å². The van der Waals surface area contributed by atoms with Gasteiger partial charge in [0.2, 0.25) is 5.91 Å². The minimum atomic E-state index is 0.240. The Morgan fingerprint density at radius 1 is 1.39 bits per heavy atom. The summed E-state index contributed by atoms with van der Waals surface area (Å²) in [5, 5.41) is 0.920. The van der Waals surface area contributed by atoms with Crippen LogP contribution in [-0.2, 0) is 4.79 Å². The van der Waals surface area contributed by atoms with E-state index in [-0.39, 0.29) is 5.91 Å². The van der Waals surface area contributed by atoms with Crippen LogP contribution in [0.15, 0.2) is 29.4 Å². The lowest BCUT2D eigenvalue weighted by atomic mass is 9.92. The zero-order valence-corrected chi connectivity index (χ0v) is 11.8. The van der Waals surface area contributed by atoms with Crippen LogP contribution in [0, 0.1) is 11.8 Å². The Hall–Kier alpha value is -1.03. The Morgan fingerprint density at radius 2 is 2.11 bits per heavy atom. The number of hydrogen-bond acceptors (Lipinski definition) is 3. The topological polar surface area (TPSA) is 33.2 Å². The maximum atomic E-state index is 12.1. The summed E-state index contributed by atoms with van der Waals surface area (Å²) in [6, 6.07) is 5.78. The second kappa shape index (κ2) is 6.23. The van der Waals surface area contributed by atoms with E-state index in [0.717, 1.165) is 18.1 Å². The van der Waals surface area contributed by atoms with Gasteiger partial charge < -0.3 is 4.90 Å². The molecular formula is C14H20N2OS. The van der Waals surface area contributed by atoms with Crippen molar-refractivity contribution in [1.29, 1.82) is 0 Å². The number of nitrogens with zero attached hydrogens (tertiary/aromatic N) is 2. The SMILES string of the molecule is CC1CC(C)CN(C(=O)CSc2ccccn2)C1. The molecule has 0 radical (unpaired) electrons. The molecule has 4 heteroatoms. The molecule has 3 nitrogen and oxygen atoms in total. The molecular weight excluding hydrogens is 244 g/mol. The summed E-state index contributed by atoms with van der Waals surface area (Å²) < 4.78 is 0. The highest BCUT2D eigenvalue weighted by atomic mass is 32.2. The van der Waals surface area contributed by atoms with Gasteiger partial charge in [-0.25, -0.2) is 4.98 Å². The second-order valence-electron chi connectivity index (χ2n) is 5.20. The molecule has 18 heavy (non-hydrogen) atoms. The molecule has 0 aromatic carbocycles. The monoisotopic (exact) mass is 264 g/mol. The predicted molar refractivity (Wildman–Crippen MR) is 74.5 cm³/mol. The van der Waals surface area contributed by atoms with Gasteiger partial charge >= 0.3 is 0 Å². The van der Waals surface area contributed by atoms with E-state index in [1.165, 1.54) is 18.2 Å². The van der Waals surface area contributed by atoms with Crippen molar-refractivity contribution in [2.24, 2.45) is 11.8 Å². The van der Waals surface area contributed by atoms with Crippen molar-refractivity contribution in [3.8, 4) is 0 Å². The third-order valence-corrected chi connectivity index (χ3v) is 4.13. The zero-order chi connectivity index (χ0) is 13.0. The number of hydrogen-bond donors (Lipinski definition) is 0.